The lowest BCUT2D eigenvalue weighted by atomic mass is 9.66. The van der Waals surface area contributed by atoms with Crippen LogP contribution in [0.25, 0.3) is 22.2 Å². The number of imide groups is 1. The van der Waals surface area contributed by atoms with Crippen molar-refractivity contribution in [3.8, 4) is 11.3 Å². The molecule has 2 aliphatic rings. The Bertz CT molecular complexity index is 1650. The number of amides is 2. The lowest BCUT2D eigenvalue weighted by molar-refractivity contribution is -0.134. The molecule has 0 bridgehead atoms. The zero-order chi connectivity index (χ0) is 28.9. The van der Waals surface area contributed by atoms with Crippen molar-refractivity contribution in [3.05, 3.63) is 82.8 Å². The van der Waals surface area contributed by atoms with Crippen LogP contribution in [0.2, 0.25) is 5.35 Å². The predicted octanol–water partition coefficient (Wildman–Crippen LogP) is 5.32. The molecule has 6 rings (SSSR count). The molecule has 4 heterocycles. The quantitative estimate of drug-likeness (QED) is 0.309. The molecule has 4 aromatic rings. The number of hydrogen-bond acceptors (Lipinski definition) is 7. The average molecular weight is 577 g/mol. The monoisotopic (exact) mass is 576 g/mol. The second kappa shape index (κ2) is 10.3. The van der Waals surface area contributed by atoms with Crippen LogP contribution < -0.4 is 5.32 Å². The van der Waals surface area contributed by atoms with Crippen molar-refractivity contribution >= 4 is 34.3 Å². The summed E-state index contributed by atoms with van der Waals surface area (Å²) in [6, 6.07) is 13.0. The summed E-state index contributed by atoms with van der Waals surface area (Å²) < 4.78 is 21.3. The molecule has 1 unspecified atom stereocenters. The second-order valence-electron chi connectivity index (χ2n) is 11.7. The highest BCUT2D eigenvalue weighted by molar-refractivity contribution is 6.27. The predicted molar refractivity (Wildman–Crippen MR) is 151 cm³/mol. The number of piperidine rings is 2. The molecule has 8 nitrogen and oxygen atoms in total. The van der Waals surface area contributed by atoms with Crippen molar-refractivity contribution in [2.75, 3.05) is 13.1 Å². The molecule has 10 heteroatoms. The molecule has 2 aliphatic heterocycles. The average Bonchev–Trinajstić information content (AvgIpc) is 3.37. The maximum absolute atomic E-state index is 16.2. The number of fused-ring (bicyclic) bond motifs is 1. The Morgan fingerprint density at radius 2 is 1.98 bits per heavy atom. The SMILES string of the molecule is CC1(C)CN(Cc2ccc(-c3coc(Cl)n3)cc2)CC[C@]1(O)c1ccc2ncc(C3CCC(=O)NC3=O)cc2c1F. The molecule has 41 heavy (non-hydrogen) atoms. The molecule has 2 saturated heterocycles. The number of nitrogens with one attached hydrogen (secondary N) is 1. The Labute approximate surface area is 241 Å². The van der Waals surface area contributed by atoms with E-state index in [1.165, 1.54) is 6.26 Å². The lowest BCUT2D eigenvalue weighted by Crippen LogP contribution is -2.55. The number of aliphatic hydroxyl groups is 1. The summed E-state index contributed by atoms with van der Waals surface area (Å²) in [6.07, 6.45) is 4.00. The molecular formula is C31H30ClFN4O4. The van der Waals surface area contributed by atoms with Gasteiger partial charge < -0.3 is 9.52 Å². The first-order valence-electron chi connectivity index (χ1n) is 13.6. The molecule has 212 valence electrons. The van der Waals surface area contributed by atoms with E-state index in [2.05, 4.69) is 20.2 Å². The summed E-state index contributed by atoms with van der Waals surface area (Å²) >= 11 is 5.80. The number of oxazole rings is 1. The fraction of sp³-hybridized carbons (Fsp3) is 0.355. The summed E-state index contributed by atoms with van der Waals surface area (Å²) in [6.45, 7) is 5.72. The standard InChI is InChI=1S/C31H30ClFN4O4/c1-30(2)17-37(15-18-3-5-19(6-4-18)25-16-41-29(32)35-25)12-11-31(30,40)23-8-9-24-22(27(23)33)13-20(14-34-24)21-7-10-26(38)36-28(21)39/h3-6,8-9,13-14,16,21,40H,7,10-12,15,17H2,1-2H3,(H,36,38,39)/t21?,31-/m0/s1. The third-order valence-electron chi connectivity index (χ3n) is 8.57. The smallest absolute Gasteiger partial charge is 0.292 e. The maximum atomic E-state index is 16.2. The van der Waals surface area contributed by atoms with Gasteiger partial charge in [-0.25, -0.2) is 4.39 Å². The van der Waals surface area contributed by atoms with Gasteiger partial charge in [0.25, 0.3) is 5.35 Å². The number of carbonyl (C=O) groups excluding carboxylic acids is 2. The second-order valence-corrected chi connectivity index (χ2v) is 12.0. The Kier molecular flexibility index (Phi) is 6.92. The molecule has 2 aromatic carbocycles. The summed E-state index contributed by atoms with van der Waals surface area (Å²) in [7, 11) is 0. The molecular weight excluding hydrogens is 547 g/mol. The Morgan fingerprint density at radius 1 is 1.20 bits per heavy atom. The lowest BCUT2D eigenvalue weighted by Gasteiger charge is -2.50. The minimum atomic E-state index is -1.41. The Hall–Kier alpha value is -3.66. The van der Waals surface area contributed by atoms with E-state index in [0.29, 0.717) is 49.2 Å². The van der Waals surface area contributed by atoms with Gasteiger partial charge in [0.2, 0.25) is 11.8 Å². The minimum Gasteiger partial charge on any atom is -0.436 e. The molecule has 2 atom stereocenters. The van der Waals surface area contributed by atoms with Gasteiger partial charge in [0.15, 0.2) is 0 Å². The normalized spacial score (nSPS) is 23.1. The zero-order valence-corrected chi connectivity index (χ0v) is 23.5. The molecule has 0 radical (unpaired) electrons. The van der Waals surface area contributed by atoms with Crippen LogP contribution >= 0.6 is 11.6 Å². The number of nitrogens with zero attached hydrogens (tertiary/aromatic N) is 3. The van der Waals surface area contributed by atoms with Gasteiger partial charge in [-0.1, -0.05) is 44.2 Å². The van der Waals surface area contributed by atoms with Crippen molar-refractivity contribution in [2.45, 2.75) is 51.2 Å². The van der Waals surface area contributed by atoms with Gasteiger partial charge in [0.05, 0.1) is 17.0 Å². The number of likely N-dealkylation sites (tertiary alicyclic amines) is 1. The van der Waals surface area contributed by atoms with Crippen LogP contribution in [0.15, 0.2) is 59.3 Å². The van der Waals surface area contributed by atoms with Crippen LogP contribution in [0.1, 0.15) is 55.7 Å². The van der Waals surface area contributed by atoms with Gasteiger partial charge in [-0.3, -0.25) is 24.8 Å². The van der Waals surface area contributed by atoms with Crippen LogP contribution in [-0.2, 0) is 21.7 Å². The van der Waals surface area contributed by atoms with Gasteiger partial charge in [-0.05, 0) is 47.7 Å². The van der Waals surface area contributed by atoms with Crippen molar-refractivity contribution in [2.24, 2.45) is 5.41 Å². The van der Waals surface area contributed by atoms with Crippen molar-refractivity contribution in [1.29, 1.82) is 0 Å². The number of aromatic nitrogens is 2. The van der Waals surface area contributed by atoms with Gasteiger partial charge in [0.1, 0.15) is 17.8 Å². The van der Waals surface area contributed by atoms with E-state index in [9.17, 15) is 14.7 Å². The van der Waals surface area contributed by atoms with E-state index in [0.717, 1.165) is 11.1 Å². The zero-order valence-electron chi connectivity index (χ0n) is 22.8. The number of hydrogen-bond donors (Lipinski definition) is 2. The molecule has 2 amide bonds. The highest BCUT2D eigenvalue weighted by Gasteiger charge is 2.50. The van der Waals surface area contributed by atoms with Crippen LogP contribution in [0.5, 0.6) is 0 Å². The first-order valence-corrected chi connectivity index (χ1v) is 14.0. The molecule has 0 saturated carbocycles. The first-order chi connectivity index (χ1) is 19.5. The third-order valence-corrected chi connectivity index (χ3v) is 8.74. The van der Waals surface area contributed by atoms with Crippen LogP contribution in [0.4, 0.5) is 4.39 Å². The van der Waals surface area contributed by atoms with E-state index in [1.54, 1.807) is 24.4 Å². The van der Waals surface area contributed by atoms with Crippen molar-refractivity contribution in [1.82, 2.24) is 20.2 Å². The van der Waals surface area contributed by atoms with Crippen LogP contribution in [-0.4, -0.2) is 44.9 Å². The topological polar surface area (TPSA) is 109 Å². The van der Waals surface area contributed by atoms with E-state index in [4.69, 9.17) is 16.0 Å². The largest absolute Gasteiger partial charge is 0.436 e. The summed E-state index contributed by atoms with van der Waals surface area (Å²) in [5.41, 5.74) is 1.81. The van der Waals surface area contributed by atoms with E-state index < -0.39 is 28.7 Å². The fourth-order valence-electron chi connectivity index (χ4n) is 6.19. The minimum absolute atomic E-state index is 0.0981. The highest BCUT2D eigenvalue weighted by atomic mass is 35.5. The van der Waals surface area contributed by atoms with Gasteiger partial charge in [0, 0.05) is 54.2 Å². The van der Waals surface area contributed by atoms with E-state index in [-0.39, 0.29) is 28.6 Å². The van der Waals surface area contributed by atoms with Gasteiger partial charge >= 0.3 is 0 Å². The Morgan fingerprint density at radius 3 is 2.66 bits per heavy atom. The highest BCUT2D eigenvalue weighted by Crippen LogP contribution is 2.48. The number of rotatable bonds is 5. The van der Waals surface area contributed by atoms with E-state index in [1.807, 2.05) is 38.1 Å². The summed E-state index contributed by atoms with van der Waals surface area (Å²) in [4.78, 5) is 34.8. The van der Waals surface area contributed by atoms with Crippen molar-refractivity contribution in [3.63, 3.8) is 0 Å². The molecule has 0 aliphatic carbocycles. The Balaban J connectivity index is 1.23. The fourth-order valence-corrected chi connectivity index (χ4v) is 6.32. The van der Waals surface area contributed by atoms with Crippen LogP contribution in [0.3, 0.4) is 0 Å². The van der Waals surface area contributed by atoms with E-state index >= 15 is 4.39 Å². The number of benzene rings is 2. The maximum Gasteiger partial charge on any atom is 0.292 e. The number of pyridine rings is 1. The van der Waals surface area contributed by atoms with Crippen molar-refractivity contribution < 1.29 is 23.5 Å². The first kappa shape index (κ1) is 27.5. The summed E-state index contributed by atoms with van der Waals surface area (Å²) in [5, 5.41) is 14.7. The molecule has 2 fully saturated rings. The van der Waals surface area contributed by atoms with Gasteiger partial charge in [-0.2, -0.15) is 4.98 Å². The molecule has 0 spiro atoms. The van der Waals surface area contributed by atoms with Gasteiger partial charge in [-0.15, -0.1) is 0 Å². The third kappa shape index (κ3) is 5.03. The number of carbonyl (C=O) groups is 2. The summed E-state index contributed by atoms with van der Waals surface area (Å²) in [5.74, 6) is -1.81. The molecule has 2 aromatic heterocycles. The number of halogens is 2. The molecule has 2 N–H and O–H groups in total. The van der Waals surface area contributed by atoms with Crippen LogP contribution in [0, 0.1) is 11.2 Å².